The second-order valence-corrected chi connectivity index (χ2v) is 5.64. The van der Waals surface area contributed by atoms with E-state index in [0.29, 0.717) is 17.1 Å². The predicted molar refractivity (Wildman–Crippen MR) is 95.4 cm³/mol. The molecule has 2 aromatic rings. The van der Waals surface area contributed by atoms with E-state index in [2.05, 4.69) is 5.10 Å². The van der Waals surface area contributed by atoms with Gasteiger partial charge in [-0.05, 0) is 24.3 Å². The standard InChI is InChI=1S/C18H17N3O6/c1-12(22)20-18(13-4-3-5-14(10-13)21(23)24)27-17(19-20)11-26-16-8-6-15(25-2)7-9-16/h3-10,18H,11H2,1-2H3. The van der Waals surface area contributed by atoms with Gasteiger partial charge in [-0.2, -0.15) is 5.01 Å². The maximum atomic E-state index is 11.9. The van der Waals surface area contributed by atoms with Gasteiger partial charge in [0.05, 0.1) is 12.0 Å². The first-order valence-corrected chi connectivity index (χ1v) is 8.03. The number of rotatable bonds is 6. The summed E-state index contributed by atoms with van der Waals surface area (Å²) in [7, 11) is 1.57. The first-order valence-electron chi connectivity index (χ1n) is 8.03. The van der Waals surface area contributed by atoms with Gasteiger partial charge in [0.25, 0.3) is 5.69 Å². The molecule has 27 heavy (non-hydrogen) atoms. The van der Waals surface area contributed by atoms with Crippen molar-refractivity contribution in [1.29, 1.82) is 0 Å². The third-order valence-electron chi connectivity index (χ3n) is 3.80. The Bertz CT molecular complexity index is 881. The average Bonchev–Trinajstić information content (AvgIpc) is 3.11. The second kappa shape index (κ2) is 7.73. The monoisotopic (exact) mass is 371 g/mol. The van der Waals surface area contributed by atoms with E-state index in [-0.39, 0.29) is 24.1 Å². The summed E-state index contributed by atoms with van der Waals surface area (Å²) in [5, 5.41) is 16.2. The van der Waals surface area contributed by atoms with Crippen molar-refractivity contribution in [2.45, 2.75) is 13.2 Å². The fraction of sp³-hybridized carbons (Fsp3) is 0.222. The van der Waals surface area contributed by atoms with Crippen LogP contribution in [0.2, 0.25) is 0 Å². The van der Waals surface area contributed by atoms with Crippen molar-refractivity contribution in [3.63, 3.8) is 0 Å². The van der Waals surface area contributed by atoms with E-state index >= 15 is 0 Å². The summed E-state index contributed by atoms with van der Waals surface area (Å²) in [5.74, 6) is 1.11. The highest BCUT2D eigenvalue weighted by Gasteiger charge is 2.33. The molecular formula is C18H17N3O6. The number of carbonyl (C=O) groups excluding carboxylic acids is 1. The molecule has 0 N–H and O–H groups in total. The number of nitro groups is 1. The van der Waals surface area contributed by atoms with Crippen LogP contribution in [0.4, 0.5) is 5.69 Å². The molecule has 1 amide bonds. The molecule has 0 aromatic heterocycles. The molecule has 0 saturated carbocycles. The Kier molecular flexibility index (Phi) is 5.20. The minimum atomic E-state index is -0.878. The Morgan fingerprint density at radius 2 is 1.96 bits per heavy atom. The molecule has 0 saturated heterocycles. The molecule has 1 unspecified atom stereocenters. The summed E-state index contributed by atoms with van der Waals surface area (Å²) in [5.41, 5.74) is 0.352. The Labute approximate surface area is 154 Å². The molecule has 9 nitrogen and oxygen atoms in total. The third-order valence-corrected chi connectivity index (χ3v) is 3.80. The van der Waals surface area contributed by atoms with Crippen molar-refractivity contribution < 1.29 is 23.9 Å². The first kappa shape index (κ1) is 18.2. The lowest BCUT2D eigenvalue weighted by atomic mass is 10.1. The SMILES string of the molecule is COc1ccc(OCC2=NN(C(C)=O)C(c3cccc([N+](=O)[O-])c3)O2)cc1. The number of hydrogen-bond acceptors (Lipinski definition) is 7. The lowest BCUT2D eigenvalue weighted by Gasteiger charge is -2.19. The summed E-state index contributed by atoms with van der Waals surface area (Å²) < 4.78 is 16.4. The topological polar surface area (TPSA) is 104 Å². The number of hydrogen-bond donors (Lipinski definition) is 0. The zero-order valence-electron chi connectivity index (χ0n) is 14.7. The number of hydrazone groups is 1. The minimum absolute atomic E-state index is 0.00152. The van der Waals surface area contributed by atoms with Gasteiger partial charge in [-0.1, -0.05) is 12.1 Å². The van der Waals surface area contributed by atoms with E-state index in [9.17, 15) is 14.9 Å². The van der Waals surface area contributed by atoms with Gasteiger partial charge in [0.1, 0.15) is 11.5 Å². The van der Waals surface area contributed by atoms with Crippen LogP contribution in [-0.2, 0) is 9.53 Å². The zero-order chi connectivity index (χ0) is 19.4. The average molecular weight is 371 g/mol. The molecule has 1 aliphatic heterocycles. The third kappa shape index (κ3) is 4.14. The molecule has 0 radical (unpaired) electrons. The Morgan fingerprint density at radius 3 is 2.59 bits per heavy atom. The highest BCUT2D eigenvalue weighted by molar-refractivity contribution is 5.83. The van der Waals surface area contributed by atoms with E-state index in [0.717, 1.165) is 5.01 Å². The van der Waals surface area contributed by atoms with E-state index in [4.69, 9.17) is 14.2 Å². The Hall–Kier alpha value is -3.62. The van der Waals surface area contributed by atoms with Crippen LogP contribution in [0.15, 0.2) is 53.6 Å². The summed E-state index contributed by atoms with van der Waals surface area (Å²) in [4.78, 5) is 22.4. The van der Waals surface area contributed by atoms with Crippen LogP contribution in [0, 0.1) is 10.1 Å². The summed E-state index contributed by atoms with van der Waals surface area (Å²) >= 11 is 0. The molecule has 1 heterocycles. The molecule has 3 rings (SSSR count). The maximum Gasteiger partial charge on any atom is 0.269 e. The molecule has 9 heteroatoms. The van der Waals surface area contributed by atoms with Crippen molar-refractivity contribution in [3.8, 4) is 11.5 Å². The number of amides is 1. The quantitative estimate of drug-likeness (QED) is 0.571. The zero-order valence-corrected chi connectivity index (χ0v) is 14.7. The fourth-order valence-corrected chi connectivity index (χ4v) is 2.49. The molecule has 0 aliphatic carbocycles. The number of ether oxygens (including phenoxy) is 3. The molecular weight excluding hydrogens is 354 g/mol. The van der Waals surface area contributed by atoms with E-state index < -0.39 is 11.2 Å². The lowest BCUT2D eigenvalue weighted by Crippen LogP contribution is -2.25. The number of methoxy groups -OCH3 is 1. The smallest absolute Gasteiger partial charge is 0.269 e. The first-order chi connectivity index (χ1) is 13.0. The van der Waals surface area contributed by atoms with Gasteiger partial charge in [-0.15, -0.1) is 5.10 Å². The van der Waals surface area contributed by atoms with Crippen molar-refractivity contribution in [2.24, 2.45) is 5.10 Å². The molecule has 1 atom stereocenters. The summed E-state index contributed by atoms with van der Waals surface area (Å²) in [6.45, 7) is 1.34. The van der Waals surface area contributed by atoms with Gasteiger partial charge in [-0.3, -0.25) is 14.9 Å². The van der Waals surface area contributed by atoms with E-state index in [1.54, 1.807) is 37.4 Å². The van der Waals surface area contributed by atoms with Crippen LogP contribution in [0.3, 0.4) is 0 Å². The van der Waals surface area contributed by atoms with Gasteiger partial charge in [-0.25, -0.2) is 0 Å². The van der Waals surface area contributed by atoms with Crippen LogP contribution in [0.25, 0.3) is 0 Å². The van der Waals surface area contributed by atoms with Gasteiger partial charge in [0.2, 0.25) is 18.0 Å². The number of benzene rings is 2. The van der Waals surface area contributed by atoms with Crippen molar-refractivity contribution in [1.82, 2.24) is 5.01 Å². The summed E-state index contributed by atoms with van der Waals surface area (Å²) in [6.07, 6.45) is -0.878. The van der Waals surface area contributed by atoms with Crippen LogP contribution >= 0.6 is 0 Å². The van der Waals surface area contributed by atoms with Crippen molar-refractivity contribution in [2.75, 3.05) is 13.7 Å². The van der Waals surface area contributed by atoms with Gasteiger partial charge in [0, 0.05) is 24.6 Å². The Balaban J connectivity index is 1.72. The lowest BCUT2D eigenvalue weighted by molar-refractivity contribution is -0.385. The minimum Gasteiger partial charge on any atom is -0.497 e. The largest absolute Gasteiger partial charge is 0.497 e. The van der Waals surface area contributed by atoms with Crippen molar-refractivity contribution >= 4 is 17.5 Å². The highest BCUT2D eigenvalue weighted by atomic mass is 16.6. The summed E-state index contributed by atoms with van der Waals surface area (Å²) in [6, 6.07) is 12.8. The van der Waals surface area contributed by atoms with E-state index in [1.165, 1.54) is 25.1 Å². The van der Waals surface area contributed by atoms with Gasteiger partial charge < -0.3 is 14.2 Å². The Morgan fingerprint density at radius 1 is 1.26 bits per heavy atom. The molecule has 1 aliphatic rings. The van der Waals surface area contributed by atoms with Crippen LogP contribution in [0.1, 0.15) is 18.7 Å². The van der Waals surface area contributed by atoms with Crippen LogP contribution in [0.5, 0.6) is 11.5 Å². The highest BCUT2D eigenvalue weighted by Crippen LogP contribution is 2.30. The van der Waals surface area contributed by atoms with Crippen LogP contribution < -0.4 is 9.47 Å². The van der Waals surface area contributed by atoms with E-state index in [1.807, 2.05) is 0 Å². The number of nitro benzene ring substituents is 1. The molecule has 0 fully saturated rings. The molecule has 0 spiro atoms. The maximum absolute atomic E-state index is 11.9. The molecule has 140 valence electrons. The number of carbonyl (C=O) groups is 1. The molecule has 2 aromatic carbocycles. The van der Waals surface area contributed by atoms with Crippen molar-refractivity contribution in [3.05, 3.63) is 64.2 Å². The number of non-ortho nitro benzene ring substituents is 1. The van der Waals surface area contributed by atoms with Gasteiger partial charge >= 0.3 is 0 Å². The second-order valence-electron chi connectivity index (χ2n) is 5.64. The fourth-order valence-electron chi connectivity index (χ4n) is 2.49. The van der Waals surface area contributed by atoms with Gasteiger partial charge in [0.15, 0.2) is 6.61 Å². The predicted octanol–water partition coefficient (Wildman–Crippen LogP) is 2.87. The molecule has 0 bridgehead atoms. The number of nitrogens with zero attached hydrogens (tertiary/aromatic N) is 3. The normalized spacial score (nSPS) is 15.7. The van der Waals surface area contributed by atoms with Crippen LogP contribution in [-0.4, -0.2) is 35.5 Å².